The highest BCUT2D eigenvalue weighted by atomic mass is 19.2. The first kappa shape index (κ1) is 17.4. The first-order valence-electron chi connectivity index (χ1n) is 8.01. The van der Waals surface area contributed by atoms with Gasteiger partial charge in [-0.1, -0.05) is 13.8 Å². The van der Waals surface area contributed by atoms with Gasteiger partial charge in [-0.2, -0.15) is 0 Å². The third-order valence-corrected chi connectivity index (χ3v) is 3.98. The van der Waals surface area contributed by atoms with Crippen molar-refractivity contribution < 1.29 is 18.4 Å². The van der Waals surface area contributed by atoms with E-state index in [2.05, 4.69) is 0 Å². The van der Waals surface area contributed by atoms with Crippen LogP contribution in [0, 0.1) is 17.6 Å². The Morgan fingerprint density at radius 2 is 1.74 bits per heavy atom. The molecule has 1 fully saturated rings. The van der Waals surface area contributed by atoms with Crippen LogP contribution in [0.4, 0.5) is 8.78 Å². The van der Waals surface area contributed by atoms with Crippen LogP contribution < -0.4 is 0 Å². The van der Waals surface area contributed by atoms with Gasteiger partial charge in [0.15, 0.2) is 11.6 Å². The van der Waals surface area contributed by atoms with Crippen LogP contribution in [0.1, 0.15) is 37.0 Å². The summed E-state index contributed by atoms with van der Waals surface area (Å²) < 4.78 is 26.1. The molecule has 0 spiro atoms. The van der Waals surface area contributed by atoms with Crippen molar-refractivity contribution in [1.29, 1.82) is 0 Å². The maximum Gasteiger partial charge on any atom is 0.254 e. The van der Waals surface area contributed by atoms with Crippen LogP contribution in [0.5, 0.6) is 0 Å². The monoisotopic (exact) mass is 324 g/mol. The normalized spacial score (nSPS) is 14.5. The van der Waals surface area contributed by atoms with E-state index in [1.54, 1.807) is 0 Å². The van der Waals surface area contributed by atoms with E-state index in [1.807, 2.05) is 18.7 Å². The van der Waals surface area contributed by atoms with E-state index in [0.717, 1.165) is 38.1 Å². The smallest absolute Gasteiger partial charge is 0.254 e. The zero-order valence-electron chi connectivity index (χ0n) is 13.5. The number of hydrogen-bond donors (Lipinski definition) is 0. The summed E-state index contributed by atoms with van der Waals surface area (Å²) in [6.07, 6.45) is 1.80. The van der Waals surface area contributed by atoms with E-state index < -0.39 is 11.6 Å². The lowest BCUT2D eigenvalue weighted by Gasteiger charge is -2.40. The summed E-state index contributed by atoms with van der Waals surface area (Å²) in [7, 11) is 0. The molecule has 1 saturated heterocycles. The van der Waals surface area contributed by atoms with Crippen LogP contribution in [0.2, 0.25) is 0 Å². The minimum atomic E-state index is -1.04. The minimum Gasteiger partial charge on any atom is -0.342 e. The van der Waals surface area contributed by atoms with Crippen LogP contribution in [0.25, 0.3) is 0 Å². The quantitative estimate of drug-likeness (QED) is 0.807. The number of amides is 2. The Bertz CT molecular complexity index is 580. The number of carbonyl (C=O) groups excluding carboxylic acids is 2. The topological polar surface area (TPSA) is 40.6 Å². The van der Waals surface area contributed by atoms with E-state index in [1.165, 1.54) is 11.0 Å². The Kier molecular flexibility index (Phi) is 5.69. The fourth-order valence-corrected chi connectivity index (χ4v) is 2.74. The number of likely N-dealkylation sites (tertiary alicyclic amines) is 1. The van der Waals surface area contributed by atoms with Crippen molar-refractivity contribution in [3.05, 3.63) is 35.4 Å². The molecule has 0 unspecified atom stereocenters. The molecular formula is C17H22F2N2O2. The lowest BCUT2D eigenvalue weighted by molar-refractivity contribution is -0.139. The molecule has 1 aromatic carbocycles. The second kappa shape index (κ2) is 7.53. The number of nitrogens with zero attached hydrogens (tertiary/aromatic N) is 2. The molecular weight excluding hydrogens is 302 g/mol. The van der Waals surface area contributed by atoms with E-state index >= 15 is 0 Å². The van der Waals surface area contributed by atoms with Gasteiger partial charge in [-0.15, -0.1) is 0 Å². The predicted molar refractivity (Wildman–Crippen MR) is 82.9 cm³/mol. The molecule has 0 aromatic heterocycles. The van der Waals surface area contributed by atoms with Crippen molar-refractivity contribution in [3.8, 4) is 0 Å². The molecule has 23 heavy (non-hydrogen) atoms. The van der Waals surface area contributed by atoms with Gasteiger partial charge in [0.1, 0.15) is 0 Å². The standard InChI is InChI=1S/C17H22F2N2O2/c1-3-7-20(8-4-2)17(23)13-10-21(11-13)16(22)12-5-6-14(18)15(19)9-12/h5-6,9,13H,3-4,7-8,10-11H2,1-2H3. The summed E-state index contributed by atoms with van der Waals surface area (Å²) in [5.74, 6) is -2.51. The fourth-order valence-electron chi connectivity index (χ4n) is 2.74. The number of halogens is 2. The van der Waals surface area contributed by atoms with Crippen molar-refractivity contribution in [3.63, 3.8) is 0 Å². The first-order chi connectivity index (χ1) is 11.0. The summed E-state index contributed by atoms with van der Waals surface area (Å²) in [5, 5.41) is 0. The average Bonchev–Trinajstić information content (AvgIpc) is 2.48. The number of benzene rings is 1. The van der Waals surface area contributed by atoms with Crippen LogP contribution >= 0.6 is 0 Å². The maximum atomic E-state index is 13.2. The predicted octanol–water partition coefficient (Wildman–Crippen LogP) is 2.69. The average molecular weight is 324 g/mol. The van der Waals surface area contributed by atoms with Crippen molar-refractivity contribution in [2.45, 2.75) is 26.7 Å². The molecule has 0 radical (unpaired) electrons. The van der Waals surface area contributed by atoms with Crippen LogP contribution in [-0.4, -0.2) is 47.8 Å². The van der Waals surface area contributed by atoms with Crippen molar-refractivity contribution in [2.24, 2.45) is 5.92 Å². The zero-order chi connectivity index (χ0) is 17.0. The Balaban J connectivity index is 1.93. The molecule has 1 aromatic rings. The second-order valence-electron chi connectivity index (χ2n) is 5.86. The molecule has 126 valence electrons. The van der Waals surface area contributed by atoms with Gasteiger partial charge in [0.05, 0.1) is 5.92 Å². The van der Waals surface area contributed by atoms with Gasteiger partial charge in [-0.05, 0) is 31.0 Å². The number of carbonyl (C=O) groups is 2. The van der Waals surface area contributed by atoms with Crippen molar-refractivity contribution in [1.82, 2.24) is 9.80 Å². The highest BCUT2D eigenvalue weighted by Gasteiger charge is 2.37. The van der Waals surface area contributed by atoms with Gasteiger partial charge < -0.3 is 9.80 Å². The largest absolute Gasteiger partial charge is 0.342 e. The first-order valence-corrected chi connectivity index (χ1v) is 8.01. The lowest BCUT2D eigenvalue weighted by atomic mass is 9.96. The fraction of sp³-hybridized carbons (Fsp3) is 0.529. The summed E-state index contributed by atoms with van der Waals surface area (Å²) in [4.78, 5) is 27.9. The highest BCUT2D eigenvalue weighted by molar-refractivity contribution is 5.96. The number of hydrogen-bond acceptors (Lipinski definition) is 2. The van der Waals surface area contributed by atoms with Crippen LogP contribution in [-0.2, 0) is 4.79 Å². The maximum absolute atomic E-state index is 13.2. The third kappa shape index (κ3) is 3.86. The molecule has 1 heterocycles. The van der Waals surface area contributed by atoms with Crippen LogP contribution in [0.15, 0.2) is 18.2 Å². The molecule has 0 N–H and O–H groups in total. The molecule has 2 amide bonds. The molecule has 2 rings (SSSR count). The van der Waals surface area contributed by atoms with Gasteiger partial charge in [-0.3, -0.25) is 9.59 Å². The Morgan fingerprint density at radius 1 is 1.13 bits per heavy atom. The molecule has 1 aliphatic rings. The van der Waals surface area contributed by atoms with E-state index in [-0.39, 0.29) is 23.3 Å². The van der Waals surface area contributed by atoms with Crippen molar-refractivity contribution in [2.75, 3.05) is 26.2 Å². The summed E-state index contributed by atoms with van der Waals surface area (Å²) in [6.45, 7) is 6.16. The van der Waals surface area contributed by atoms with Crippen LogP contribution in [0.3, 0.4) is 0 Å². The van der Waals surface area contributed by atoms with Gasteiger partial charge in [0.2, 0.25) is 5.91 Å². The van der Waals surface area contributed by atoms with E-state index in [0.29, 0.717) is 13.1 Å². The molecule has 0 bridgehead atoms. The van der Waals surface area contributed by atoms with Gasteiger partial charge >= 0.3 is 0 Å². The lowest BCUT2D eigenvalue weighted by Crippen LogP contribution is -2.56. The van der Waals surface area contributed by atoms with E-state index in [9.17, 15) is 18.4 Å². The molecule has 0 atom stereocenters. The Hall–Kier alpha value is -1.98. The third-order valence-electron chi connectivity index (χ3n) is 3.98. The van der Waals surface area contributed by atoms with Crippen molar-refractivity contribution >= 4 is 11.8 Å². The second-order valence-corrected chi connectivity index (χ2v) is 5.86. The molecule has 6 heteroatoms. The summed E-state index contributed by atoms with van der Waals surface area (Å²) in [5.41, 5.74) is 0.105. The zero-order valence-corrected chi connectivity index (χ0v) is 13.5. The van der Waals surface area contributed by atoms with Gasteiger partial charge in [0.25, 0.3) is 5.91 Å². The minimum absolute atomic E-state index is 0.0723. The molecule has 0 saturated carbocycles. The van der Waals surface area contributed by atoms with Gasteiger partial charge in [0, 0.05) is 31.7 Å². The molecule has 1 aliphatic heterocycles. The molecule has 0 aliphatic carbocycles. The number of rotatable bonds is 6. The summed E-state index contributed by atoms with van der Waals surface area (Å²) in [6, 6.07) is 3.10. The summed E-state index contributed by atoms with van der Waals surface area (Å²) >= 11 is 0. The Morgan fingerprint density at radius 3 is 2.26 bits per heavy atom. The molecule has 4 nitrogen and oxygen atoms in total. The van der Waals surface area contributed by atoms with E-state index in [4.69, 9.17) is 0 Å². The highest BCUT2D eigenvalue weighted by Crippen LogP contribution is 2.22. The van der Waals surface area contributed by atoms with Gasteiger partial charge in [-0.25, -0.2) is 8.78 Å². The Labute approximate surface area is 135 Å². The SMILES string of the molecule is CCCN(CCC)C(=O)C1CN(C(=O)c2ccc(F)c(F)c2)C1.